The van der Waals surface area contributed by atoms with Gasteiger partial charge in [0.2, 0.25) is 0 Å². The number of hydrogen-bond acceptors (Lipinski definition) is 3. The zero-order valence-electron chi connectivity index (χ0n) is 10.8. The van der Waals surface area contributed by atoms with Crippen LogP contribution in [-0.4, -0.2) is 24.3 Å². The molecule has 0 bridgehead atoms. The number of fused-ring (bicyclic) bond motifs is 1. The number of ether oxygens (including phenoxy) is 1. The molecule has 0 aliphatic carbocycles. The molecule has 1 heterocycles. The summed E-state index contributed by atoms with van der Waals surface area (Å²) in [5.41, 5.74) is 1.23. The minimum absolute atomic E-state index is 0.0381. The maximum Gasteiger partial charge on any atom is 0.268 e. The van der Waals surface area contributed by atoms with Crippen molar-refractivity contribution in [2.75, 3.05) is 4.90 Å². The fourth-order valence-electron chi connectivity index (χ4n) is 2.16. The molecule has 0 saturated carbocycles. The molecule has 1 aliphatic rings. The van der Waals surface area contributed by atoms with E-state index in [0.717, 1.165) is 6.29 Å². The van der Waals surface area contributed by atoms with Crippen LogP contribution in [0.1, 0.15) is 37.6 Å². The van der Waals surface area contributed by atoms with Gasteiger partial charge in [-0.3, -0.25) is 9.59 Å². The van der Waals surface area contributed by atoms with E-state index in [4.69, 9.17) is 4.74 Å². The maximum atomic E-state index is 12.3. The van der Waals surface area contributed by atoms with Crippen molar-refractivity contribution in [1.82, 2.24) is 0 Å². The van der Waals surface area contributed by atoms with Crippen molar-refractivity contribution >= 4 is 17.9 Å². The largest absolute Gasteiger partial charge is 0.478 e. The molecular formula is C14H17NO3. The fraction of sp³-hybridized carbons (Fsp3) is 0.429. The van der Waals surface area contributed by atoms with Gasteiger partial charge in [0.15, 0.2) is 6.10 Å². The topological polar surface area (TPSA) is 46.6 Å². The Bertz CT molecular complexity index is 482. The van der Waals surface area contributed by atoms with Gasteiger partial charge in [-0.25, -0.2) is 0 Å². The van der Waals surface area contributed by atoms with Crippen LogP contribution in [0.5, 0.6) is 5.75 Å². The fourth-order valence-corrected chi connectivity index (χ4v) is 2.16. The molecule has 18 heavy (non-hydrogen) atoms. The van der Waals surface area contributed by atoms with Crippen LogP contribution in [0.4, 0.5) is 5.69 Å². The Labute approximate surface area is 107 Å². The molecule has 1 aromatic carbocycles. The van der Waals surface area contributed by atoms with E-state index in [1.807, 2.05) is 20.8 Å². The molecule has 0 fully saturated rings. The third kappa shape index (κ3) is 1.98. The normalized spacial score (nSPS) is 18.6. The molecule has 0 aromatic heterocycles. The summed E-state index contributed by atoms with van der Waals surface area (Å²) in [6.45, 7) is 5.83. The van der Waals surface area contributed by atoms with Crippen molar-refractivity contribution in [3.63, 3.8) is 0 Å². The second-order valence-electron chi connectivity index (χ2n) is 4.66. The Balaban J connectivity index is 2.52. The average Bonchev–Trinajstić information content (AvgIpc) is 2.36. The summed E-state index contributed by atoms with van der Waals surface area (Å²) in [4.78, 5) is 24.8. The summed E-state index contributed by atoms with van der Waals surface area (Å²) >= 11 is 0. The SMILES string of the molecule is CCC1Oc2ccc(C=O)cc2N(C(C)C)C1=O. The van der Waals surface area contributed by atoms with Crippen molar-refractivity contribution < 1.29 is 14.3 Å². The Morgan fingerprint density at radius 2 is 2.17 bits per heavy atom. The lowest BCUT2D eigenvalue weighted by molar-refractivity contribution is -0.126. The Kier molecular flexibility index (Phi) is 3.36. The van der Waals surface area contributed by atoms with Crippen LogP contribution in [0.3, 0.4) is 0 Å². The second-order valence-corrected chi connectivity index (χ2v) is 4.66. The average molecular weight is 247 g/mol. The van der Waals surface area contributed by atoms with E-state index < -0.39 is 6.10 Å². The number of nitrogens with zero attached hydrogens (tertiary/aromatic N) is 1. The first-order valence-electron chi connectivity index (χ1n) is 6.17. The van der Waals surface area contributed by atoms with Gasteiger partial charge >= 0.3 is 0 Å². The summed E-state index contributed by atoms with van der Waals surface area (Å²) in [7, 11) is 0. The zero-order chi connectivity index (χ0) is 13.3. The summed E-state index contributed by atoms with van der Waals surface area (Å²) in [6.07, 6.45) is 0.980. The van der Waals surface area contributed by atoms with E-state index in [-0.39, 0.29) is 11.9 Å². The van der Waals surface area contributed by atoms with Gasteiger partial charge in [-0.1, -0.05) is 6.92 Å². The second kappa shape index (κ2) is 4.80. The number of anilines is 1. The number of amides is 1. The van der Waals surface area contributed by atoms with E-state index in [1.165, 1.54) is 0 Å². The molecule has 0 saturated heterocycles. The number of carbonyl (C=O) groups excluding carboxylic acids is 2. The van der Waals surface area contributed by atoms with E-state index in [9.17, 15) is 9.59 Å². The Morgan fingerprint density at radius 1 is 1.44 bits per heavy atom. The van der Waals surface area contributed by atoms with Crippen molar-refractivity contribution in [1.29, 1.82) is 0 Å². The van der Waals surface area contributed by atoms with Crippen LogP contribution in [-0.2, 0) is 4.79 Å². The first kappa shape index (κ1) is 12.6. The third-order valence-electron chi connectivity index (χ3n) is 3.05. The first-order valence-corrected chi connectivity index (χ1v) is 6.17. The highest BCUT2D eigenvalue weighted by Crippen LogP contribution is 2.36. The van der Waals surface area contributed by atoms with E-state index in [1.54, 1.807) is 23.1 Å². The minimum Gasteiger partial charge on any atom is -0.478 e. The number of aldehydes is 1. The number of hydrogen-bond donors (Lipinski definition) is 0. The molecule has 0 spiro atoms. The highest BCUT2D eigenvalue weighted by Gasteiger charge is 2.34. The zero-order valence-corrected chi connectivity index (χ0v) is 10.8. The lowest BCUT2D eigenvalue weighted by Gasteiger charge is -2.36. The standard InChI is InChI=1S/C14H17NO3/c1-4-12-14(17)15(9(2)3)11-7-10(8-16)5-6-13(11)18-12/h5-9,12H,4H2,1-3H3. The molecule has 1 aliphatic heterocycles. The van der Waals surface area contributed by atoms with Gasteiger partial charge in [0.05, 0.1) is 5.69 Å². The molecule has 2 rings (SSSR count). The molecule has 1 amide bonds. The van der Waals surface area contributed by atoms with Crippen LogP contribution >= 0.6 is 0 Å². The van der Waals surface area contributed by atoms with Gasteiger partial charge in [-0.2, -0.15) is 0 Å². The van der Waals surface area contributed by atoms with Gasteiger partial charge in [0.25, 0.3) is 5.91 Å². The summed E-state index contributed by atoms with van der Waals surface area (Å²) < 4.78 is 5.67. The van der Waals surface area contributed by atoms with Gasteiger partial charge < -0.3 is 9.64 Å². The van der Waals surface area contributed by atoms with E-state index in [2.05, 4.69) is 0 Å². The quantitative estimate of drug-likeness (QED) is 0.770. The minimum atomic E-state index is -0.429. The number of benzene rings is 1. The molecule has 4 heteroatoms. The predicted octanol–water partition coefficient (Wildman–Crippen LogP) is 2.41. The Hall–Kier alpha value is -1.84. The first-order chi connectivity index (χ1) is 8.58. The highest BCUT2D eigenvalue weighted by molar-refractivity contribution is 6.01. The summed E-state index contributed by atoms with van der Waals surface area (Å²) in [6, 6.07) is 5.19. The predicted molar refractivity (Wildman–Crippen MR) is 69.2 cm³/mol. The highest BCUT2D eigenvalue weighted by atomic mass is 16.5. The molecule has 0 N–H and O–H groups in total. The number of carbonyl (C=O) groups is 2. The molecule has 96 valence electrons. The van der Waals surface area contributed by atoms with Crippen molar-refractivity contribution in [3.05, 3.63) is 23.8 Å². The summed E-state index contributed by atoms with van der Waals surface area (Å²) in [5, 5.41) is 0. The van der Waals surface area contributed by atoms with Gasteiger partial charge in [0, 0.05) is 11.6 Å². The van der Waals surface area contributed by atoms with Gasteiger partial charge in [0.1, 0.15) is 12.0 Å². The summed E-state index contributed by atoms with van der Waals surface area (Å²) in [5.74, 6) is 0.629. The lowest BCUT2D eigenvalue weighted by Crippen LogP contribution is -2.48. The molecule has 1 aromatic rings. The molecule has 4 nitrogen and oxygen atoms in total. The smallest absolute Gasteiger partial charge is 0.268 e. The van der Waals surface area contributed by atoms with Crippen LogP contribution in [0.25, 0.3) is 0 Å². The van der Waals surface area contributed by atoms with Crippen LogP contribution < -0.4 is 9.64 Å². The van der Waals surface area contributed by atoms with Crippen LogP contribution in [0, 0.1) is 0 Å². The van der Waals surface area contributed by atoms with Crippen LogP contribution in [0.15, 0.2) is 18.2 Å². The van der Waals surface area contributed by atoms with Crippen LogP contribution in [0.2, 0.25) is 0 Å². The molecular weight excluding hydrogens is 230 g/mol. The van der Waals surface area contributed by atoms with Crippen molar-refractivity contribution in [2.45, 2.75) is 39.3 Å². The van der Waals surface area contributed by atoms with Crippen molar-refractivity contribution in [2.24, 2.45) is 0 Å². The monoisotopic (exact) mass is 247 g/mol. The molecule has 0 radical (unpaired) electrons. The van der Waals surface area contributed by atoms with Gasteiger partial charge in [-0.05, 0) is 38.5 Å². The number of rotatable bonds is 3. The third-order valence-corrected chi connectivity index (χ3v) is 3.05. The maximum absolute atomic E-state index is 12.3. The molecule has 1 unspecified atom stereocenters. The van der Waals surface area contributed by atoms with E-state index in [0.29, 0.717) is 23.4 Å². The van der Waals surface area contributed by atoms with Crippen molar-refractivity contribution in [3.8, 4) is 5.75 Å². The lowest BCUT2D eigenvalue weighted by atomic mass is 10.1. The molecule has 1 atom stereocenters. The Morgan fingerprint density at radius 3 is 2.72 bits per heavy atom. The van der Waals surface area contributed by atoms with E-state index >= 15 is 0 Å². The van der Waals surface area contributed by atoms with Gasteiger partial charge in [-0.15, -0.1) is 0 Å².